The summed E-state index contributed by atoms with van der Waals surface area (Å²) >= 11 is 1.47. The Kier molecular flexibility index (Phi) is 6.54. The molecular weight excluding hydrogens is 444 g/mol. The molecule has 0 N–H and O–H groups in total. The van der Waals surface area contributed by atoms with Crippen LogP contribution in [-0.4, -0.2) is 45.5 Å². The Labute approximate surface area is 204 Å². The van der Waals surface area contributed by atoms with E-state index in [2.05, 4.69) is 16.8 Å². The van der Waals surface area contributed by atoms with Gasteiger partial charge in [-0.25, -0.2) is 4.68 Å². The van der Waals surface area contributed by atoms with Gasteiger partial charge in [-0.05, 0) is 67.8 Å². The van der Waals surface area contributed by atoms with E-state index in [1.807, 2.05) is 78.5 Å². The van der Waals surface area contributed by atoms with Crippen molar-refractivity contribution < 1.29 is 9.53 Å². The van der Waals surface area contributed by atoms with Crippen molar-refractivity contribution in [2.24, 2.45) is 10.9 Å². The molecule has 0 saturated carbocycles. The predicted octanol–water partition coefficient (Wildman–Crippen LogP) is 5.64. The molecule has 0 radical (unpaired) electrons. The first kappa shape index (κ1) is 22.5. The van der Waals surface area contributed by atoms with Gasteiger partial charge in [-0.3, -0.25) is 4.79 Å². The molecule has 2 aliphatic heterocycles. The van der Waals surface area contributed by atoms with Gasteiger partial charge < -0.3 is 9.64 Å². The number of amides is 1. The van der Waals surface area contributed by atoms with Crippen LogP contribution in [0.3, 0.4) is 0 Å². The average molecular weight is 473 g/mol. The maximum absolute atomic E-state index is 12.8. The number of aromatic nitrogens is 2. The largest absolute Gasteiger partial charge is 0.494 e. The van der Waals surface area contributed by atoms with Crippen LogP contribution >= 0.6 is 11.8 Å². The number of aliphatic imine (C=N–C) groups is 1. The van der Waals surface area contributed by atoms with Gasteiger partial charge in [0.05, 0.1) is 17.2 Å². The molecule has 2 aromatic carbocycles. The third-order valence-corrected chi connectivity index (χ3v) is 7.18. The number of likely N-dealkylation sites (tertiary alicyclic amines) is 1. The van der Waals surface area contributed by atoms with Crippen LogP contribution in [0.1, 0.15) is 32.3 Å². The normalized spacial score (nSPS) is 17.9. The van der Waals surface area contributed by atoms with Crippen molar-refractivity contribution in [2.45, 2.75) is 26.7 Å². The Hall–Kier alpha value is -3.32. The Morgan fingerprint density at radius 3 is 2.68 bits per heavy atom. The first-order chi connectivity index (χ1) is 16.6. The highest BCUT2D eigenvalue weighted by Crippen LogP contribution is 2.35. The SMILES string of the molecule is CCOc1cccc(-c2nn(-c3ccccc3)cc2/C=C2\SC(N3CCC(C)CC3)=NC2=O)c1. The molecule has 6 nitrogen and oxygen atoms in total. The van der Waals surface area contributed by atoms with E-state index < -0.39 is 0 Å². The van der Waals surface area contributed by atoms with Gasteiger partial charge in [0.1, 0.15) is 11.4 Å². The molecule has 174 valence electrons. The summed E-state index contributed by atoms with van der Waals surface area (Å²) < 4.78 is 7.56. The Morgan fingerprint density at radius 2 is 1.91 bits per heavy atom. The zero-order chi connectivity index (χ0) is 23.5. The first-order valence-electron chi connectivity index (χ1n) is 11.8. The third-order valence-electron chi connectivity index (χ3n) is 6.13. The highest BCUT2D eigenvalue weighted by molar-refractivity contribution is 8.18. The minimum Gasteiger partial charge on any atom is -0.494 e. The number of para-hydroxylation sites is 1. The van der Waals surface area contributed by atoms with Crippen molar-refractivity contribution in [1.29, 1.82) is 0 Å². The molecule has 1 aromatic heterocycles. The molecule has 0 bridgehead atoms. The van der Waals surface area contributed by atoms with Gasteiger partial charge in [0, 0.05) is 30.4 Å². The Balaban J connectivity index is 1.49. The van der Waals surface area contributed by atoms with Gasteiger partial charge in [-0.15, -0.1) is 0 Å². The van der Waals surface area contributed by atoms with Gasteiger partial charge in [0.2, 0.25) is 0 Å². The lowest BCUT2D eigenvalue weighted by molar-refractivity contribution is -0.113. The van der Waals surface area contributed by atoms with Crippen LogP contribution in [0.15, 0.2) is 70.7 Å². The maximum Gasteiger partial charge on any atom is 0.286 e. The van der Waals surface area contributed by atoms with E-state index >= 15 is 0 Å². The number of amidine groups is 1. The number of piperidine rings is 1. The first-order valence-corrected chi connectivity index (χ1v) is 12.6. The molecule has 7 heteroatoms. The summed E-state index contributed by atoms with van der Waals surface area (Å²) in [6.45, 7) is 6.75. The van der Waals surface area contributed by atoms with Crippen LogP contribution in [0.5, 0.6) is 5.75 Å². The molecular formula is C27H28N4O2S. The number of hydrogen-bond donors (Lipinski definition) is 0. The van der Waals surface area contributed by atoms with Gasteiger partial charge >= 0.3 is 0 Å². The second-order valence-corrected chi connectivity index (χ2v) is 9.66. The monoisotopic (exact) mass is 472 g/mol. The summed E-state index contributed by atoms with van der Waals surface area (Å²) in [5, 5.41) is 5.70. The average Bonchev–Trinajstić information content (AvgIpc) is 3.44. The standard InChI is InChI=1S/C27H28N4O2S/c1-3-33-23-11-7-8-20(16-23)25-21(18-31(29-25)22-9-5-4-6-10-22)17-24-26(32)28-27(34-24)30-14-12-19(2)13-15-30/h4-11,16-19H,3,12-15H2,1-2H3/b24-17-. The third kappa shape index (κ3) is 4.80. The number of carbonyl (C=O) groups is 1. The number of ether oxygens (including phenoxy) is 1. The lowest BCUT2D eigenvalue weighted by Crippen LogP contribution is -2.35. The number of thioether (sulfide) groups is 1. The quantitative estimate of drug-likeness (QED) is 0.450. The van der Waals surface area contributed by atoms with E-state index in [1.54, 1.807) is 0 Å². The molecule has 2 aliphatic rings. The summed E-state index contributed by atoms with van der Waals surface area (Å²) in [7, 11) is 0. The van der Waals surface area contributed by atoms with E-state index in [1.165, 1.54) is 11.8 Å². The van der Waals surface area contributed by atoms with Crippen molar-refractivity contribution >= 4 is 28.9 Å². The molecule has 3 aromatic rings. The van der Waals surface area contributed by atoms with Crippen LogP contribution in [0.25, 0.3) is 23.0 Å². The smallest absolute Gasteiger partial charge is 0.286 e. The van der Waals surface area contributed by atoms with Crippen LogP contribution in [0, 0.1) is 5.92 Å². The Morgan fingerprint density at radius 1 is 1.12 bits per heavy atom. The van der Waals surface area contributed by atoms with E-state index in [9.17, 15) is 4.79 Å². The summed E-state index contributed by atoms with van der Waals surface area (Å²) in [6, 6.07) is 17.9. The Bertz CT molecular complexity index is 1240. The van der Waals surface area contributed by atoms with Crippen molar-refractivity contribution in [1.82, 2.24) is 14.7 Å². The van der Waals surface area contributed by atoms with Gasteiger partial charge in [-0.2, -0.15) is 10.1 Å². The number of rotatable bonds is 5. The summed E-state index contributed by atoms with van der Waals surface area (Å²) in [4.78, 5) is 20.0. The van der Waals surface area contributed by atoms with Crippen molar-refractivity contribution in [3.8, 4) is 22.7 Å². The van der Waals surface area contributed by atoms with E-state index in [0.29, 0.717) is 11.5 Å². The molecule has 0 aliphatic carbocycles. The molecule has 1 fully saturated rings. The fourth-order valence-electron chi connectivity index (χ4n) is 4.20. The molecule has 0 spiro atoms. The van der Waals surface area contributed by atoms with Gasteiger partial charge in [-0.1, -0.05) is 37.3 Å². The van der Waals surface area contributed by atoms with Crippen molar-refractivity contribution in [3.63, 3.8) is 0 Å². The van der Waals surface area contributed by atoms with Crippen molar-refractivity contribution in [2.75, 3.05) is 19.7 Å². The van der Waals surface area contributed by atoms with Crippen LogP contribution < -0.4 is 4.74 Å². The lowest BCUT2D eigenvalue weighted by Gasteiger charge is -2.30. The van der Waals surface area contributed by atoms with Crippen LogP contribution in [0.4, 0.5) is 0 Å². The molecule has 0 atom stereocenters. The lowest BCUT2D eigenvalue weighted by atomic mass is 10.00. The maximum atomic E-state index is 12.8. The number of hydrogen-bond acceptors (Lipinski definition) is 5. The number of carbonyl (C=O) groups excluding carboxylic acids is 1. The molecule has 1 amide bonds. The molecule has 3 heterocycles. The topological polar surface area (TPSA) is 59.7 Å². The second-order valence-electron chi connectivity index (χ2n) is 8.65. The predicted molar refractivity (Wildman–Crippen MR) is 138 cm³/mol. The second kappa shape index (κ2) is 9.89. The highest BCUT2D eigenvalue weighted by Gasteiger charge is 2.28. The molecule has 34 heavy (non-hydrogen) atoms. The fourth-order valence-corrected chi connectivity index (χ4v) is 5.16. The number of nitrogens with zero attached hydrogens (tertiary/aromatic N) is 4. The summed E-state index contributed by atoms with van der Waals surface area (Å²) in [5.41, 5.74) is 3.57. The van der Waals surface area contributed by atoms with E-state index in [0.717, 1.165) is 65.3 Å². The van der Waals surface area contributed by atoms with E-state index in [4.69, 9.17) is 9.84 Å². The summed E-state index contributed by atoms with van der Waals surface area (Å²) in [5.74, 6) is 1.34. The summed E-state index contributed by atoms with van der Waals surface area (Å²) in [6.07, 6.45) is 6.17. The minimum absolute atomic E-state index is 0.180. The fraction of sp³-hybridized carbons (Fsp3) is 0.296. The van der Waals surface area contributed by atoms with Gasteiger partial charge in [0.25, 0.3) is 5.91 Å². The number of benzene rings is 2. The molecule has 1 saturated heterocycles. The van der Waals surface area contributed by atoms with E-state index in [-0.39, 0.29) is 5.91 Å². The van der Waals surface area contributed by atoms with Gasteiger partial charge in [0.15, 0.2) is 5.17 Å². The molecule has 0 unspecified atom stereocenters. The zero-order valence-corrected chi connectivity index (χ0v) is 20.3. The van der Waals surface area contributed by atoms with Crippen molar-refractivity contribution in [3.05, 3.63) is 71.3 Å². The zero-order valence-electron chi connectivity index (χ0n) is 19.5. The van der Waals surface area contributed by atoms with Crippen LogP contribution in [0.2, 0.25) is 0 Å². The molecule has 5 rings (SSSR count). The highest BCUT2D eigenvalue weighted by atomic mass is 32.2. The van der Waals surface area contributed by atoms with Crippen LogP contribution in [-0.2, 0) is 4.79 Å². The minimum atomic E-state index is -0.180.